The van der Waals surface area contributed by atoms with Crippen LogP contribution in [0.5, 0.6) is 0 Å². The molecule has 0 aromatic carbocycles. The number of pyridine rings is 1. The van der Waals surface area contributed by atoms with Gasteiger partial charge >= 0.3 is 5.97 Å². The molecule has 4 bridgehead atoms. The summed E-state index contributed by atoms with van der Waals surface area (Å²) in [6.45, 7) is 2.55. The molecule has 0 radical (unpaired) electrons. The lowest BCUT2D eigenvalue weighted by atomic mass is 9.49. The number of likely N-dealkylation sites (N-methyl/N-ethyl adjacent to an activating group) is 1. The Kier molecular flexibility index (Phi) is 5.62. The van der Waals surface area contributed by atoms with Gasteiger partial charge in [-0.2, -0.15) is 5.10 Å². The third kappa shape index (κ3) is 4.23. The van der Waals surface area contributed by atoms with Crippen LogP contribution in [0, 0.1) is 23.2 Å². The molecular weight excluding hydrogens is 420 g/mol. The lowest BCUT2D eigenvalue weighted by molar-refractivity contribution is -0.143. The van der Waals surface area contributed by atoms with E-state index in [1.807, 2.05) is 0 Å². The lowest BCUT2D eigenvalue weighted by Gasteiger charge is -2.56. The normalized spacial score (nSPS) is 27.5. The number of amides is 2. The van der Waals surface area contributed by atoms with Gasteiger partial charge in [-0.1, -0.05) is 0 Å². The molecule has 1 N–H and O–H groups in total. The predicted octanol–water partition coefficient (Wildman–Crippen LogP) is 2.92. The number of carbonyl (C=O) groups is 3. The van der Waals surface area contributed by atoms with E-state index < -0.39 is 11.9 Å². The Hall–Kier alpha value is -2.90. The topological polar surface area (TPSA) is 93.0 Å². The van der Waals surface area contributed by atoms with E-state index in [1.165, 1.54) is 50.5 Å². The lowest BCUT2D eigenvalue weighted by Crippen LogP contribution is -2.51. The third-order valence-electron chi connectivity index (χ3n) is 7.77. The summed E-state index contributed by atoms with van der Waals surface area (Å²) in [5.74, 6) is 1.52. The highest BCUT2D eigenvalue weighted by molar-refractivity contribution is 6.02. The van der Waals surface area contributed by atoms with Gasteiger partial charge in [0, 0.05) is 19.8 Å². The maximum absolute atomic E-state index is 13.2. The van der Waals surface area contributed by atoms with Crippen LogP contribution in [-0.2, 0) is 9.53 Å². The fourth-order valence-corrected chi connectivity index (χ4v) is 6.85. The molecular formula is C25H32N4O4. The standard InChI is InChI=1S/C25H32N4O4/c1-3-33-22(30)14-28(2)24(32)20-10-21-19(5-4-6-29(21)27-20)23(31)26-15-25-11-16-7-17(12-25)9-18(8-16)13-25/h4-6,10,16-18H,3,7-9,11-15H2,1-2H3,(H,26,31). The van der Waals surface area contributed by atoms with Crippen molar-refractivity contribution in [2.45, 2.75) is 45.4 Å². The molecule has 0 atom stereocenters. The van der Waals surface area contributed by atoms with Crippen molar-refractivity contribution in [3.05, 3.63) is 35.7 Å². The van der Waals surface area contributed by atoms with Crippen LogP contribution in [0.4, 0.5) is 0 Å². The number of fused-ring (bicyclic) bond motifs is 1. The van der Waals surface area contributed by atoms with E-state index in [9.17, 15) is 14.4 Å². The van der Waals surface area contributed by atoms with Crippen molar-refractivity contribution in [3.63, 3.8) is 0 Å². The highest BCUT2D eigenvalue weighted by atomic mass is 16.5. The molecule has 4 aliphatic rings. The van der Waals surface area contributed by atoms with Gasteiger partial charge < -0.3 is 15.0 Å². The average Bonchev–Trinajstić information content (AvgIpc) is 3.20. The van der Waals surface area contributed by atoms with Gasteiger partial charge in [0.15, 0.2) is 5.69 Å². The van der Waals surface area contributed by atoms with Crippen LogP contribution in [-0.4, -0.2) is 59.0 Å². The van der Waals surface area contributed by atoms with Crippen molar-refractivity contribution < 1.29 is 19.1 Å². The molecule has 2 aromatic rings. The summed E-state index contributed by atoms with van der Waals surface area (Å²) in [6.07, 6.45) is 9.56. The van der Waals surface area contributed by atoms with E-state index in [0.717, 1.165) is 24.3 Å². The largest absolute Gasteiger partial charge is 0.465 e. The van der Waals surface area contributed by atoms with Crippen LogP contribution in [0.3, 0.4) is 0 Å². The van der Waals surface area contributed by atoms with Crippen LogP contribution >= 0.6 is 0 Å². The molecule has 2 amide bonds. The first-order chi connectivity index (χ1) is 15.9. The Bertz CT molecular complexity index is 1060. The summed E-state index contributed by atoms with van der Waals surface area (Å²) in [4.78, 5) is 38.9. The van der Waals surface area contributed by atoms with Crippen LogP contribution in [0.1, 0.15) is 66.3 Å². The molecule has 2 aromatic heterocycles. The number of nitrogens with zero attached hydrogens (tertiary/aromatic N) is 3. The molecule has 0 aliphatic heterocycles. The van der Waals surface area contributed by atoms with Crippen molar-refractivity contribution in [1.82, 2.24) is 19.8 Å². The number of nitrogens with one attached hydrogen (secondary N) is 1. The Balaban J connectivity index is 1.29. The minimum Gasteiger partial charge on any atom is -0.465 e. The third-order valence-corrected chi connectivity index (χ3v) is 7.77. The summed E-state index contributed by atoms with van der Waals surface area (Å²) >= 11 is 0. The molecule has 4 fully saturated rings. The Morgan fingerprint density at radius 1 is 1.18 bits per heavy atom. The molecule has 4 aliphatic carbocycles. The molecule has 6 rings (SSSR count). The second-order valence-corrected chi connectivity index (χ2v) is 10.3. The summed E-state index contributed by atoms with van der Waals surface area (Å²) < 4.78 is 6.46. The van der Waals surface area contributed by atoms with Gasteiger partial charge in [-0.25, -0.2) is 4.52 Å². The van der Waals surface area contributed by atoms with Crippen molar-refractivity contribution in [2.75, 3.05) is 26.7 Å². The number of esters is 1. The van der Waals surface area contributed by atoms with Gasteiger partial charge in [0.2, 0.25) is 0 Å². The molecule has 0 saturated heterocycles. The minimum atomic E-state index is -0.471. The summed E-state index contributed by atoms with van der Waals surface area (Å²) in [6, 6.07) is 5.14. The molecule has 4 saturated carbocycles. The van der Waals surface area contributed by atoms with Crippen molar-refractivity contribution >= 4 is 23.3 Å². The summed E-state index contributed by atoms with van der Waals surface area (Å²) in [5.41, 5.74) is 1.52. The van der Waals surface area contributed by atoms with Gasteiger partial charge in [0.25, 0.3) is 11.8 Å². The molecule has 33 heavy (non-hydrogen) atoms. The molecule has 8 heteroatoms. The van der Waals surface area contributed by atoms with E-state index in [4.69, 9.17) is 4.74 Å². The first-order valence-corrected chi connectivity index (χ1v) is 12.0. The number of carbonyl (C=O) groups excluding carboxylic acids is 3. The zero-order valence-electron chi connectivity index (χ0n) is 19.4. The molecule has 0 spiro atoms. The molecule has 2 heterocycles. The van der Waals surface area contributed by atoms with Gasteiger partial charge in [-0.15, -0.1) is 0 Å². The monoisotopic (exact) mass is 452 g/mol. The minimum absolute atomic E-state index is 0.130. The van der Waals surface area contributed by atoms with Crippen LogP contribution < -0.4 is 5.32 Å². The average molecular weight is 453 g/mol. The fraction of sp³-hybridized carbons (Fsp3) is 0.600. The van der Waals surface area contributed by atoms with E-state index in [-0.39, 0.29) is 30.2 Å². The first kappa shape index (κ1) is 21.9. The smallest absolute Gasteiger partial charge is 0.325 e. The molecule has 176 valence electrons. The number of hydrogen-bond acceptors (Lipinski definition) is 5. The van der Waals surface area contributed by atoms with Gasteiger partial charge in [0.05, 0.1) is 17.7 Å². The summed E-state index contributed by atoms with van der Waals surface area (Å²) in [7, 11) is 1.53. The van der Waals surface area contributed by atoms with Crippen molar-refractivity contribution in [2.24, 2.45) is 23.2 Å². The predicted molar refractivity (Wildman–Crippen MR) is 122 cm³/mol. The zero-order chi connectivity index (χ0) is 23.2. The van der Waals surface area contributed by atoms with Crippen LogP contribution in [0.25, 0.3) is 5.52 Å². The van der Waals surface area contributed by atoms with Crippen LogP contribution in [0.15, 0.2) is 24.4 Å². The highest BCUT2D eigenvalue weighted by Crippen LogP contribution is 2.59. The van der Waals surface area contributed by atoms with E-state index in [2.05, 4.69) is 10.4 Å². The Labute approximate surface area is 193 Å². The summed E-state index contributed by atoms with van der Waals surface area (Å²) in [5, 5.41) is 7.55. The Morgan fingerprint density at radius 2 is 1.85 bits per heavy atom. The second kappa shape index (κ2) is 8.47. The van der Waals surface area contributed by atoms with E-state index in [1.54, 1.807) is 35.8 Å². The Morgan fingerprint density at radius 3 is 2.48 bits per heavy atom. The maximum Gasteiger partial charge on any atom is 0.325 e. The molecule has 8 nitrogen and oxygen atoms in total. The van der Waals surface area contributed by atoms with Gasteiger partial charge in [-0.05, 0) is 86.8 Å². The zero-order valence-corrected chi connectivity index (χ0v) is 19.4. The van der Waals surface area contributed by atoms with Gasteiger partial charge in [-0.3, -0.25) is 14.4 Å². The molecule has 0 unspecified atom stereocenters. The highest BCUT2D eigenvalue weighted by Gasteiger charge is 2.50. The number of rotatable bonds is 7. The number of aromatic nitrogens is 2. The van der Waals surface area contributed by atoms with E-state index in [0.29, 0.717) is 11.1 Å². The maximum atomic E-state index is 13.2. The SMILES string of the molecule is CCOC(=O)CN(C)C(=O)c1cc2c(C(=O)NCC34CC5CC(CC(C5)C3)C4)cccn2n1. The quantitative estimate of drug-likeness (QED) is 0.652. The van der Waals surface area contributed by atoms with E-state index >= 15 is 0 Å². The number of ether oxygens (including phenoxy) is 1. The van der Waals surface area contributed by atoms with Crippen molar-refractivity contribution in [1.29, 1.82) is 0 Å². The second-order valence-electron chi connectivity index (χ2n) is 10.3. The van der Waals surface area contributed by atoms with Crippen molar-refractivity contribution in [3.8, 4) is 0 Å². The van der Waals surface area contributed by atoms with Crippen LogP contribution in [0.2, 0.25) is 0 Å². The van der Waals surface area contributed by atoms with Gasteiger partial charge in [0.1, 0.15) is 6.54 Å². The first-order valence-electron chi connectivity index (χ1n) is 12.0. The fourth-order valence-electron chi connectivity index (χ4n) is 6.85. The number of hydrogen-bond donors (Lipinski definition) is 1.